The van der Waals surface area contributed by atoms with Gasteiger partial charge in [-0.3, -0.25) is 5.32 Å². The molecule has 0 saturated heterocycles. The zero-order valence-electron chi connectivity index (χ0n) is 14.4. The highest BCUT2D eigenvalue weighted by atomic mass is 15.0. The van der Waals surface area contributed by atoms with Crippen molar-refractivity contribution in [2.24, 2.45) is 5.92 Å². The Balaban J connectivity index is 2.24. The van der Waals surface area contributed by atoms with Gasteiger partial charge in [0.05, 0.1) is 5.54 Å². The van der Waals surface area contributed by atoms with Gasteiger partial charge in [-0.15, -0.1) is 0 Å². The summed E-state index contributed by atoms with van der Waals surface area (Å²) in [7, 11) is 0. The first-order valence-electron chi connectivity index (χ1n) is 8.65. The zero-order chi connectivity index (χ0) is 16.8. The molecule has 0 radical (unpaired) electrons. The number of hydrogen-bond acceptors (Lipinski definition) is 1. The predicted octanol–water partition coefficient (Wildman–Crippen LogP) is 5.22. The smallest absolute Gasteiger partial charge is 0.0948 e. The molecule has 0 fully saturated rings. The van der Waals surface area contributed by atoms with E-state index >= 15 is 0 Å². The van der Waals surface area contributed by atoms with Crippen LogP contribution in [0.2, 0.25) is 0 Å². The molecule has 24 heavy (non-hydrogen) atoms. The van der Waals surface area contributed by atoms with Gasteiger partial charge < -0.3 is 0 Å². The highest BCUT2D eigenvalue weighted by Gasteiger charge is 2.35. The van der Waals surface area contributed by atoms with E-state index in [1.165, 1.54) is 16.7 Å². The number of benzene rings is 3. The van der Waals surface area contributed by atoms with Crippen molar-refractivity contribution in [1.29, 1.82) is 0 Å². The summed E-state index contributed by atoms with van der Waals surface area (Å²) < 4.78 is 0. The van der Waals surface area contributed by atoms with E-state index in [2.05, 4.69) is 110 Å². The van der Waals surface area contributed by atoms with E-state index in [0.29, 0.717) is 5.92 Å². The Morgan fingerprint density at radius 2 is 0.958 bits per heavy atom. The van der Waals surface area contributed by atoms with E-state index in [0.717, 1.165) is 6.54 Å². The third-order valence-corrected chi connectivity index (χ3v) is 4.40. The lowest BCUT2D eigenvalue weighted by atomic mass is 9.77. The van der Waals surface area contributed by atoms with E-state index in [4.69, 9.17) is 0 Å². The summed E-state index contributed by atoms with van der Waals surface area (Å²) in [6.07, 6.45) is 0. The number of rotatable bonds is 6. The summed E-state index contributed by atoms with van der Waals surface area (Å²) in [5, 5.41) is 3.88. The molecule has 122 valence electrons. The fraction of sp³-hybridized carbons (Fsp3) is 0.217. The maximum Gasteiger partial charge on any atom is 0.0948 e. The highest BCUT2D eigenvalue weighted by molar-refractivity contribution is 5.49. The Hall–Kier alpha value is -2.38. The minimum absolute atomic E-state index is 0.339. The van der Waals surface area contributed by atoms with Crippen molar-refractivity contribution in [2.75, 3.05) is 6.54 Å². The van der Waals surface area contributed by atoms with Crippen LogP contribution in [-0.4, -0.2) is 6.54 Å². The van der Waals surface area contributed by atoms with Crippen molar-refractivity contribution >= 4 is 0 Å². The van der Waals surface area contributed by atoms with Crippen LogP contribution in [0.4, 0.5) is 0 Å². The maximum absolute atomic E-state index is 3.88. The highest BCUT2D eigenvalue weighted by Crippen LogP contribution is 2.36. The molecule has 0 spiro atoms. The Morgan fingerprint density at radius 1 is 0.625 bits per heavy atom. The molecule has 0 amide bonds. The standard InChI is InChI=1S/C23H25N/c1-19(2)18-24-23(20-12-6-3-7-13-20,21-14-8-4-9-15-21)22-16-10-5-11-17-22/h3-17,19,24H,18H2,1-2H3. The predicted molar refractivity (Wildman–Crippen MR) is 102 cm³/mol. The molecule has 1 heteroatoms. The third-order valence-electron chi connectivity index (χ3n) is 4.40. The van der Waals surface area contributed by atoms with Crippen LogP contribution in [0.3, 0.4) is 0 Å². The normalized spacial score (nSPS) is 11.6. The summed E-state index contributed by atoms with van der Waals surface area (Å²) in [5.74, 6) is 0.570. The van der Waals surface area contributed by atoms with Crippen LogP contribution in [0.1, 0.15) is 30.5 Å². The van der Waals surface area contributed by atoms with Gasteiger partial charge >= 0.3 is 0 Å². The Kier molecular flexibility index (Phi) is 5.12. The van der Waals surface area contributed by atoms with Crippen molar-refractivity contribution in [1.82, 2.24) is 5.32 Å². The molecule has 3 aromatic carbocycles. The molecular formula is C23H25N. The van der Waals surface area contributed by atoms with Crippen molar-refractivity contribution < 1.29 is 0 Å². The van der Waals surface area contributed by atoms with Crippen LogP contribution in [0.15, 0.2) is 91.0 Å². The summed E-state index contributed by atoms with van der Waals surface area (Å²) >= 11 is 0. The van der Waals surface area contributed by atoms with Crippen molar-refractivity contribution in [3.8, 4) is 0 Å². The molecule has 0 aliphatic rings. The number of nitrogens with one attached hydrogen (secondary N) is 1. The quantitative estimate of drug-likeness (QED) is 0.615. The van der Waals surface area contributed by atoms with Gasteiger partial charge in [0.15, 0.2) is 0 Å². The first-order valence-corrected chi connectivity index (χ1v) is 8.65. The lowest BCUT2D eigenvalue weighted by molar-refractivity contribution is 0.428. The summed E-state index contributed by atoms with van der Waals surface area (Å²) in [5.41, 5.74) is 3.46. The van der Waals surface area contributed by atoms with Gasteiger partial charge in [0.2, 0.25) is 0 Å². The lowest BCUT2D eigenvalue weighted by Crippen LogP contribution is -2.46. The van der Waals surface area contributed by atoms with Crippen LogP contribution in [0.5, 0.6) is 0 Å². The summed E-state index contributed by atoms with van der Waals surface area (Å²) in [4.78, 5) is 0. The second-order valence-electron chi connectivity index (χ2n) is 6.62. The van der Waals surface area contributed by atoms with Gasteiger partial charge in [0.1, 0.15) is 0 Å². The van der Waals surface area contributed by atoms with Gasteiger partial charge in [0, 0.05) is 0 Å². The van der Waals surface area contributed by atoms with E-state index in [-0.39, 0.29) is 5.54 Å². The van der Waals surface area contributed by atoms with Crippen LogP contribution in [0, 0.1) is 5.92 Å². The van der Waals surface area contributed by atoms with E-state index in [1.807, 2.05) is 0 Å². The van der Waals surface area contributed by atoms with Gasteiger partial charge in [0.25, 0.3) is 0 Å². The Bertz CT molecular complexity index is 636. The molecule has 0 atom stereocenters. The van der Waals surface area contributed by atoms with Crippen LogP contribution in [-0.2, 0) is 5.54 Å². The zero-order valence-corrected chi connectivity index (χ0v) is 14.4. The molecule has 3 rings (SSSR count). The Morgan fingerprint density at radius 3 is 1.25 bits per heavy atom. The molecule has 0 aliphatic carbocycles. The van der Waals surface area contributed by atoms with Gasteiger partial charge in [-0.25, -0.2) is 0 Å². The van der Waals surface area contributed by atoms with E-state index in [1.54, 1.807) is 0 Å². The minimum atomic E-state index is -0.339. The molecule has 0 bridgehead atoms. The fourth-order valence-electron chi connectivity index (χ4n) is 3.23. The van der Waals surface area contributed by atoms with E-state index < -0.39 is 0 Å². The largest absolute Gasteiger partial charge is 0.300 e. The van der Waals surface area contributed by atoms with Crippen molar-refractivity contribution in [3.63, 3.8) is 0 Å². The van der Waals surface area contributed by atoms with E-state index in [9.17, 15) is 0 Å². The first kappa shape index (κ1) is 16.5. The van der Waals surface area contributed by atoms with Gasteiger partial charge in [-0.1, -0.05) is 105 Å². The third kappa shape index (κ3) is 3.27. The molecule has 0 unspecified atom stereocenters. The van der Waals surface area contributed by atoms with Crippen molar-refractivity contribution in [2.45, 2.75) is 19.4 Å². The molecule has 1 nitrogen and oxygen atoms in total. The summed E-state index contributed by atoms with van der Waals surface area (Å²) in [6.45, 7) is 5.44. The minimum Gasteiger partial charge on any atom is -0.300 e. The van der Waals surface area contributed by atoms with Gasteiger partial charge in [-0.2, -0.15) is 0 Å². The lowest BCUT2D eigenvalue weighted by Gasteiger charge is -2.37. The maximum atomic E-state index is 3.88. The molecule has 0 saturated carbocycles. The van der Waals surface area contributed by atoms with Crippen LogP contribution in [0.25, 0.3) is 0 Å². The van der Waals surface area contributed by atoms with Gasteiger partial charge in [-0.05, 0) is 29.2 Å². The van der Waals surface area contributed by atoms with Crippen molar-refractivity contribution in [3.05, 3.63) is 108 Å². The topological polar surface area (TPSA) is 12.0 Å². The molecule has 0 heterocycles. The average Bonchev–Trinajstić information content (AvgIpc) is 2.65. The SMILES string of the molecule is CC(C)CNC(c1ccccc1)(c1ccccc1)c1ccccc1. The second-order valence-corrected chi connectivity index (χ2v) is 6.62. The molecule has 0 aromatic heterocycles. The van der Waals surface area contributed by atoms with Crippen LogP contribution >= 0.6 is 0 Å². The van der Waals surface area contributed by atoms with Crippen LogP contribution < -0.4 is 5.32 Å². The number of hydrogen-bond donors (Lipinski definition) is 1. The molecular weight excluding hydrogens is 290 g/mol. The first-order chi connectivity index (χ1) is 11.7. The Labute approximate surface area is 145 Å². The molecule has 3 aromatic rings. The average molecular weight is 315 g/mol. The monoisotopic (exact) mass is 315 g/mol. The second kappa shape index (κ2) is 7.46. The molecule has 1 N–H and O–H groups in total. The summed E-state index contributed by atoms with van der Waals surface area (Å²) in [6, 6.07) is 32.2. The molecule has 0 aliphatic heterocycles. The fourth-order valence-corrected chi connectivity index (χ4v) is 3.23.